The maximum Gasteiger partial charge on any atom is 0.0377 e. The van der Waals surface area contributed by atoms with Crippen LogP contribution in [0.5, 0.6) is 0 Å². The van der Waals surface area contributed by atoms with Gasteiger partial charge in [0.2, 0.25) is 0 Å². The Labute approximate surface area is 118 Å². The van der Waals surface area contributed by atoms with E-state index in [1.54, 1.807) is 0 Å². The molecule has 0 radical (unpaired) electrons. The molecule has 1 atom stereocenters. The summed E-state index contributed by atoms with van der Waals surface area (Å²) in [5.41, 5.74) is 2.76. The summed E-state index contributed by atoms with van der Waals surface area (Å²) in [4.78, 5) is 2.52. The van der Waals surface area contributed by atoms with Gasteiger partial charge in [0.15, 0.2) is 0 Å². The molecule has 17 heavy (non-hydrogen) atoms. The van der Waals surface area contributed by atoms with E-state index >= 15 is 0 Å². The number of benzene rings is 1. The van der Waals surface area contributed by atoms with Crippen LogP contribution in [0, 0.1) is 16.4 Å². The number of hydrogen-bond acceptors (Lipinski definition) is 2. The molecule has 1 aromatic carbocycles. The van der Waals surface area contributed by atoms with Crippen LogP contribution in [0.4, 0.5) is 5.69 Å². The van der Waals surface area contributed by atoms with Crippen LogP contribution >= 0.6 is 22.6 Å². The molecule has 94 valence electrons. The monoisotopic (exact) mass is 344 g/mol. The first-order valence-corrected chi connectivity index (χ1v) is 7.50. The number of nitrogens with one attached hydrogen (secondary N) is 1. The summed E-state index contributed by atoms with van der Waals surface area (Å²) in [6.07, 6.45) is 1.32. The smallest absolute Gasteiger partial charge is 0.0377 e. The SMILES string of the molecule is CCNCC1CCN(c2ccc(C)c(I)c2)C1. The summed E-state index contributed by atoms with van der Waals surface area (Å²) in [7, 11) is 0. The minimum absolute atomic E-state index is 0.814. The standard InChI is InChI=1S/C14H21IN2/c1-3-16-9-12-6-7-17(10-12)13-5-4-11(2)14(15)8-13/h4-5,8,12,16H,3,6-7,9-10H2,1-2H3. The molecule has 1 saturated heterocycles. The molecule has 2 rings (SSSR count). The molecule has 0 spiro atoms. The Kier molecular flexibility index (Phi) is 4.68. The van der Waals surface area contributed by atoms with Gasteiger partial charge in [-0.2, -0.15) is 0 Å². The van der Waals surface area contributed by atoms with E-state index in [-0.39, 0.29) is 0 Å². The summed E-state index contributed by atoms with van der Waals surface area (Å²) in [5.74, 6) is 0.814. The number of nitrogens with zero attached hydrogens (tertiary/aromatic N) is 1. The summed E-state index contributed by atoms with van der Waals surface area (Å²) in [6, 6.07) is 6.80. The van der Waals surface area contributed by atoms with Gasteiger partial charge in [-0.15, -0.1) is 0 Å². The highest BCUT2D eigenvalue weighted by Gasteiger charge is 2.22. The van der Waals surface area contributed by atoms with Crippen LogP contribution in [-0.4, -0.2) is 26.2 Å². The third-order valence-electron chi connectivity index (χ3n) is 3.49. The van der Waals surface area contributed by atoms with Gasteiger partial charge in [0.05, 0.1) is 0 Å². The number of rotatable bonds is 4. The zero-order valence-corrected chi connectivity index (χ0v) is 12.8. The van der Waals surface area contributed by atoms with E-state index in [0.29, 0.717) is 0 Å². The first kappa shape index (κ1) is 13.1. The molecule has 1 N–H and O–H groups in total. The molecule has 0 bridgehead atoms. The summed E-state index contributed by atoms with van der Waals surface area (Å²) in [5, 5.41) is 3.45. The van der Waals surface area contributed by atoms with Crippen LogP contribution in [0.25, 0.3) is 0 Å². The molecule has 1 aliphatic rings. The van der Waals surface area contributed by atoms with Crippen LogP contribution in [0.15, 0.2) is 18.2 Å². The van der Waals surface area contributed by atoms with Gasteiger partial charge in [-0.1, -0.05) is 13.0 Å². The largest absolute Gasteiger partial charge is 0.371 e. The summed E-state index contributed by atoms with van der Waals surface area (Å²) >= 11 is 2.43. The zero-order chi connectivity index (χ0) is 12.3. The van der Waals surface area contributed by atoms with Crippen molar-refractivity contribution in [3.05, 3.63) is 27.3 Å². The second kappa shape index (κ2) is 6.05. The van der Waals surface area contributed by atoms with Crippen LogP contribution in [0.2, 0.25) is 0 Å². The fraction of sp³-hybridized carbons (Fsp3) is 0.571. The Morgan fingerprint density at radius 1 is 1.47 bits per heavy atom. The molecule has 1 aromatic rings. The van der Waals surface area contributed by atoms with Gasteiger partial charge in [0.1, 0.15) is 0 Å². The van der Waals surface area contributed by atoms with Crippen molar-refractivity contribution in [2.45, 2.75) is 20.3 Å². The Bertz CT molecular complexity index is 378. The van der Waals surface area contributed by atoms with E-state index < -0.39 is 0 Å². The maximum absolute atomic E-state index is 3.45. The average Bonchev–Trinajstić information content (AvgIpc) is 2.79. The fourth-order valence-electron chi connectivity index (χ4n) is 2.36. The van der Waals surface area contributed by atoms with Crippen molar-refractivity contribution in [2.24, 2.45) is 5.92 Å². The molecule has 1 unspecified atom stereocenters. The topological polar surface area (TPSA) is 15.3 Å². The van der Waals surface area contributed by atoms with Gasteiger partial charge in [0.25, 0.3) is 0 Å². The lowest BCUT2D eigenvalue weighted by atomic mass is 10.1. The number of anilines is 1. The van der Waals surface area contributed by atoms with Crippen molar-refractivity contribution in [2.75, 3.05) is 31.1 Å². The number of aryl methyl sites for hydroxylation is 1. The van der Waals surface area contributed by atoms with Crippen LogP contribution in [0.3, 0.4) is 0 Å². The van der Waals surface area contributed by atoms with Gasteiger partial charge in [-0.3, -0.25) is 0 Å². The van der Waals surface area contributed by atoms with Crippen molar-refractivity contribution in [1.82, 2.24) is 5.32 Å². The van der Waals surface area contributed by atoms with Gasteiger partial charge in [0, 0.05) is 22.3 Å². The lowest BCUT2D eigenvalue weighted by molar-refractivity contribution is 0.528. The Morgan fingerprint density at radius 3 is 3.00 bits per heavy atom. The molecule has 1 heterocycles. The highest BCUT2D eigenvalue weighted by molar-refractivity contribution is 14.1. The normalized spacial score (nSPS) is 19.9. The maximum atomic E-state index is 3.45. The third-order valence-corrected chi connectivity index (χ3v) is 4.65. The second-order valence-electron chi connectivity index (χ2n) is 4.84. The molecular weight excluding hydrogens is 323 g/mol. The Morgan fingerprint density at radius 2 is 2.29 bits per heavy atom. The minimum atomic E-state index is 0.814. The van der Waals surface area contributed by atoms with E-state index in [2.05, 4.69) is 64.9 Å². The highest BCUT2D eigenvalue weighted by atomic mass is 127. The predicted molar refractivity (Wildman–Crippen MR) is 82.8 cm³/mol. The lowest BCUT2D eigenvalue weighted by Gasteiger charge is -2.19. The fourth-order valence-corrected chi connectivity index (χ4v) is 2.86. The number of hydrogen-bond donors (Lipinski definition) is 1. The quantitative estimate of drug-likeness (QED) is 0.845. The van der Waals surface area contributed by atoms with E-state index in [1.807, 2.05) is 0 Å². The molecule has 0 aliphatic carbocycles. The van der Waals surface area contributed by atoms with Crippen LogP contribution < -0.4 is 10.2 Å². The molecule has 0 saturated carbocycles. The predicted octanol–water partition coefficient (Wildman–Crippen LogP) is 3.04. The molecule has 0 aromatic heterocycles. The van der Waals surface area contributed by atoms with Crippen molar-refractivity contribution in [3.8, 4) is 0 Å². The van der Waals surface area contributed by atoms with E-state index in [0.717, 1.165) is 19.0 Å². The average molecular weight is 344 g/mol. The zero-order valence-electron chi connectivity index (χ0n) is 10.7. The lowest BCUT2D eigenvalue weighted by Crippen LogP contribution is -2.26. The first-order valence-electron chi connectivity index (χ1n) is 6.42. The summed E-state index contributed by atoms with van der Waals surface area (Å²) in [6.45, 7) is 8.99. The first-order chi connectivity index (χ1) is 8.20. The summed E-state index contributed by atoms with van der Waals surface area (Å²) < 4.78 is 1.37. The number of halogens is 1. The van der Waals surface area contributed by atoms with Crippen LogP contribution in [-0.2, 0) is 0 Å². The Hall–Kier alpha value is -0.290. The van der Waals surface area contributed by atoms with Gasteiger partial charge in [-0.25, -0.2) is 0 Å². The molecule has 0 amide bonds. The van der Waals surface area contributed by atoms with Crippen molar-refractivity contribution in [1.29, 1.82) is 0 Å². The van der Waals surface area contributed by atoms with E-state index in [9.17, 15) is 0 Å². The van der Waals surface area contributed by atoms with Gasteiger partial charge < -0.3 is 10.2 Å². The van der Waals surface area contributed by atoms with Crippen molar-refractivity contribution >= 4 is 28.3 Å². The molecule has 1 aliphatic heterocycles. The van der Waals surface area contributed by atoms with Crippen molar-refractivity contribution < 1.29 is 0 Å². The van der Waals surface area contributed by atoms with E-state index in [1.165, 1.54) is 34.3 Å². The second-order valence-corrected chi connectivity index (χ2v) is 6.00. The van der Waals surface area contributed by atoms with Gasteiger partial charge >= 0.3 is 0 Å². The van der Waals surface area contributed by atoms with E-state index in [4.69, 9.17) is 0 Å². The Balaban J connectivity index is 1.97. The minimum Gasteiger partial charge on any atom is -0.371 e. The molecular formula is C14H21IN2. The van der Waals surface area contributed by atoms with Crippen LogP contribution in [0.1, 0.15) is 18.9 Å². The van der Waals surface area contributed by atoms with Crippen molar-refractivity contribution in [3.63, 3.8) is 0 Å². The molecule has 2 nitrogen and oxygen atoms in total. The molecule has 1 fully saturated rings. The van der Waals surface area contributed by atoms with Gasteiger partial charge in [-0.05, 0) is 72.6 Å². The highest BCUT2D eigenvalue weighted by Crippen LogP contribution is 2.26. The molecule has 3 heteroatoms. The third kappa shape index (κ3) is 3.35.